The van der Waals surface area contributed by atoms with Gasteiger partial charge < -0.3 is 10.6 Å². The smallest absolute Gasteiger partial charge is 0.258 e. The number of amides is 2. The van der Waals surface area contributed by atoms with Gasteiger partial charge in [0.2, 0.25) is 0 Å². The topological polar surface area (TPSA) is 71.1 Å². The van der Waals surface area contributed by atoms with Crippen LogP contribution >= 0.6 is 22.6 Å². The predicted molar refractivity (Wildman–Crippen MR) is 106 cm³/mol. The molecule has 3 rings (SSSR count). The number of carbonyl (C=O) groups excluding carboxylic acids is 2. The molecule has 2 N–H and O–H groups in total. The lowest BCUT2D eigenvalue weighted by Crippen LogP contribution is -2.16. The van der Waals surface area contributed by atoms with E-state index in [1.54, 1.807) is 36.5 Å². The van der Waals surface area contributed by atoms with Gasteiger partial charge in [-0.3, -0.25) is 14.6 Å². The van der Waals surface area contributed by atoms with Gasteiger partial charge in [-0.2, -0.15) is 0 Å². The first-order valence-electron chi connectivity index (χ1n) is 7.61. The van der Waals surface area contributed by atoms with Crippen LogP contribution in [0.4, 0.5) is 15.8 Å². The molecule has 5 nitrogen and oxygen atoms in total. The zero-order valence-corrected chi connectivity index (χ0v) is 15.5. The maximum atomic E-state index is 14.0. The summed E-state index contributed by atoms with van der Waals surface area (Å²) >= 11 is 2.11. The highest BCUT2D eigenvalue weighted by molar-refractivity contribution is 14.1. The Morgan fingerprint density at radius 1 is 0.923 bits per heavy atom. The molecule has 2 amide bonds. The van der Waals surface area contributed by atoms with Crippen LogP contribution in [0.5, 0.6) is 0 Å². The van der Waals surface area contributed by atoms with E-state index in [0.29, 0.717) is 16.9 Å². The molecule has 7 heteroatoms. The lowest BCUT2D eigenvalue weighted by atomic mass is 10.1. The summed E-state index contributed by atoms with van der Waals surface area (Å²) in [5.41, 5.74) is 1.08. The van der Waals surface area contributed by atoms with Gasteiger partial charge in [-0.05, 0) is 71.1 Å². The molecule has 0 fully saturated rings. The second-order valence-electron chi connectivity index (χ2n) is 5.35. The van der Waals surface area contributed by atoms with Gasteiger partial charge >= 0.3 is 0 Å². The van der Waals surface area contributed by atoms with Gasteiger partial charge in [0.1, 0.15) is 5.82 Å². The Morgan fingerprint density at radius 2 is 1.73 bits per heavy atom. The van der Waals surface area contributed by atoms with E-state index >= 15 is 0 Å². The Morgan fingerprint density at radius 3 is 2.46 bits per heavy atom. The van der Waals surface area contributed by atoms with Crippen LogP contribution in [0.3, 0.4) is 0 Å². The SMILES string of the molecule is O=C(Nc1ccc(F)c(C(=O)Nc2cccnc2)c1)c1cccc(I)c1. The lowest BCUT2D eigenvalue weighted by Gasteiger charge is -2.09. The van der Waals surface area contributed by atoms with Crippen LogP contribution in [-0.4, -0.2) is 16.8 Å². The van der Waals surface area contributed by atoms with Crippen LogP contribution in [-0.2, 0) is 0 Å². The Bertz CT molecular complexity index is 964. The number of nitrogens with zero attached hydrogens (tertiary/aromatic N) is 1. The zero-order valence-electron chi connectivity index (χ0n) is 13.4. The third-order valence-corrected chi connectivity index (χ3v) is 4.15. The molecule has 130 valence electrons. The molecule has 26 heavy (non-hydrogen) atoms. The summed E-state index contributed by atoms with van der Waals surface area (Å²) < 4.78 is 15.0. The Kier molecular flexibility index (Phi) is 5.57. The summed E-state index contributed by atoms with van der Waals surface area (Å²) in [7, 11) is 0. The number of halogens is 2. The molecule has 0 saturated carbocycles. The lowest BCUT2D eigenvalue weighted by molar-refractivity contribution is 0.101. The first kappa shape index (κ1) is 18.0. The van der Waals surface area contributed by atoms with E-state index in [0.717, 1.165) is 9.64 Å². The monoisotopic (exact) mass is 461 g/mol. The average molecular weight is 461 g/mol. The highest BCUT2D eigenvalue weighted by atomic mass is 127. The van der Waals surface area contributed by atoms with Gasteiger partial charge in [-0.1, -0.05) is 6.07 Å². The fourth-order valence-corrected chi connectivity index (χ4v) is 2.79. The minimum absolute atomic E-state index is 0.172. The highest BCUT2D eigenvalue weighted by Crippen LogP contribution is 2.18. The quantitative estimate of drug-likeness (QED) is 0.569. The van der Waals surface area contributed by atoms with Gasteiger partial charge in [0.25, 0.3) is 11.8 Å². The summed E-state index contributed by atoms with van der Waals surface area (Å²) in [6.45, 7) is 0. The van der Waals surface area contributed by atoms with Crippen LogP contribution in [0.25, 0.3) is 0 Å². The fraction of sp³-hybridized carbons (Fsp3) is 0. The molecule has 0 radical (unpaired) electrons. The van der Waals surface area contributed by atoms with Crippen molar-refractivity contribution in [1.82, 2.24) is 4.98 Å². The number of benzene rings is 2. The summed E-state index contributed by atoms with van der Waals surface area (Å²) in [5.74, 6) is -1.65. The van der Waals surface area contributed by atoms with Crippen molar-refractivity contribution in [2.24, 2.45) is 0 Å². The number of pyridine rings is 1. The molecule has 0 aliphatic rings. The average Bonchev–Trinajstić information content (AvgIpc) is 2.64. The van der Waals surface area contributed by atoms with E-state index in [1.807, 2.05) is 6.07 Å². The van der Waals surface area contributed by atoms with E-state index in [1.165, 1.54) is 18.3 Å². The minimum atomic E-state index is -0.682. The van der Waals surface area contributed by atoms with Gasteiger partial charge in [0.05, 0.1) is 17.4 Å². The van der Waals surface area contributed by atoms with E-state index in [9.17, 15) is 14.0 Å². The number of aromatic nitrogens is 1. The van der Waals surface area contributed by atoms with Crippen LogP contribution in [0.15, 0.2) is 67.0 Å². The molecular formula is C19H13FIN3O2. The fourth-order valence-electron chi connectivity index (χ4n) is 2.25. The predicted octanol–water partition coefficient (Wildman–Crippen LogP) is 4.33. The molecule has 0 unspecified atom stereocenters. The van der Waals surface area contributed by atoms with E-state index in [-0.39, 0.29) is 11.5 Å². The van der Waals surface area contributed by atoms with Crippen molar-refractivity contribution in [3.63, 3.8) is 0 Å². The normalized spacial score (nSPS) is 10.2. The maximum absolute atomic E-state index is 14.0. The summed E-state index contributed by atoms with van der Waals surface area (Å²) in [6, 6.07) is 14.2. The molecule has 3 aromatic rings. The van der Waals surface area contributed by atoms with Crippen molar-refractivity contribution in [3.8, 4) is 0 Å². The molecule has 0 bridgehead atoms. The molecule has 0 spiro atoms. The van der Waals surface area contributed by atoms with Crippen LogP contribution in [0.1, 0.15) is 20.7 Å². The maximum Gasteiger partial charge on any atom is 0.258 e. The van der Waals surface area contributed by atoms with Gasteiger partial charge in [0.15, 0.2) is 0 Å². The van der Waals surface area contributed by atoms with Crippen molar-refractivity contribution in [3.05, 3.63) is 87.5 Å². The minimum Gasteiger partial charge on any atom is -0.322 e. The molecule has 1 aromatic heterocycles. The standard InChI is InChI=1S/C19H13FIN3O2/c20-17-7-6-14(23-18(25)12-3-1-4-13(21)9-12)10-16(17)19(26)24-15-5-2-8-22-11-15/h1-11H,(H,23,25)(H,24,26). The third kappa shape index (κ3) is 4.42. The second kappa shape index (κ2) is 8.05. The third-order valence-electron chi connectivity index (χ3n) is 3.48. The Balaban J connectivity index is 1.79. The number of hydrogen-bond donors (Lipinski definition) is 2. The van der Waals surface area contributed by atoms with Gasteiger partial charge in [-0.25, -0.2) is 4.39 Å². The molecule has 0 saturated heterocycles. The Hall–Kier alpha value is -2.81. The van der Waals surface area contributed by atoms with Gasteiger partial charge in [-0.15, -0.1) is 0 Å². The van der Waals surface area contributed by atoms with Crippen LogP contribution in [0, 0.1) is 9.39 Å². The summed E-state index contributed by atoms with van der Waals surface area (Å²) in [5, 5.41) is 5.23. The highest BCUT2D eigenvalue weighted by Gasteiger charge is 2.14. The zero-order chi connectivity index (χ0) is 18.5. The molecular weight excluding hydrogens is 448 g/mol. The van der Waals surface area contributed by atoms with Crippen molar-refractivity contribution >= 4 is 45.8 Å². The molecule has 0 atom stereocenters. The number of hydrogen-bond acceptors (Lipinski definition) is 3. The number of anilines is 2. The second-order valence-corrected chi connectivity index (χ2v) is 6.60. The van der Waals surface area contributed by atoms with Crippen LogP contribution in [0.2, 0.25) is 0 Å². The Labute approximate surface area is 162 Å². The summed E-state index contributed by atoms with van der Waals surface area (Å²) in [6.07, 6.45) is 3.02. The summed E-state index contributed by atoms with van der Waals surface area (Å²) in [4.78, 5) is 28.5. The number of nitrogens with one attached hydrogen (secondary N) is 2. The largest absolute Gasteiger partial charge is 0.322 e. The van der Waals surface area contributed by atoms with Crippen molar-refractivity contribution in [1.29, 1.82) is 0 Å². The van der Waals surface area contributed by atoms with Crippen molar-refractivity contribution in [2.45, 2.75) is 0 Å². The number of carbonyl (C=O) groups is 2. The molecule has 1 heterocycles. The van der Waals surface area contributed by atoms with Gasteiger partial charge in [0, 0.05) is 21.0 Å². The number of rotatable bonds is 4. The van der Waals surface area contributed by atoms with Crippen molar-refractivity contribution < 1.29 is 14.0 Å². The first-order chi connectivity index (χ1) is 12.5. The molecule has 0 aliphatic carbocycles. The molecule has 2 aromatic carbocycles. The van der Waals surface area contributed by atoms with E-state index in [4.69, 9.17) is 0 Å². The first-order valence-corrected chi connectivity index (χ1v) is 8.68. The van der Waals surface area contributed by atoms with E-state index in [2.05, 4.69) is 38.2 Å². The molecule has 0 aliphatic heterocycles. The van der Waals surface area contributed by atoms with Crippen molar-refractivity contribution in [2.75, 3.05) is 10.6 Å². The van der Waals surface area contributed by atoms with Crippen LogP contribution < -0.4 is 10.6 Å². The van der Waals surface area contributed by atoms with E-state index < -0.39 is 11.7 Å².